The first-order valence-electron chi connectivity index (χ1n) is 12.2. The first-order chi connectivity index (χ1) is 15.5. The minimum Gasteiger partial charge on any atom is -0.337 e. The average Bonchev–Trinajstić information content (AvgIpc) is 3.64. The van der Waals surface area contributed by atoms with Gasteiger partial charge in [0.05, 0.1) is 17.8 Å². The third-order valence-electron chi connectivity index (χ3n) is 7.27. The summed E-state index contributed by atoms with van der Waals surface area (Å²) in [6.45, 7) is 8.47. The average molecular weight is 435 g/mol. The molecule has 1 aliphatic carbocycles. The Hall–Kier alpha value is -2.47. The van der Waals surface area contributed by atoms with Gasteiger partial charge in [-0.1, -0.05) is 38.1 Å². The highest BCUT2D eigenvalue weighted by Gasteiger charge is 2.35. The smallest absolute Gasteiger partial charge is 0.256 e. The van der Waals surface area contributed by atoms with Crippen LogP contribution in [-0.2, 0) is 24.3 Å². The van der Waals surface area contributed by atoms with Gasteiger partial charge in [0.2, 0.25) is 5.91 Å². The van der Waals surface area contributed by atoms with Crippen LogP contribution in [0.4, 0.5) is 0 Å². The van der Waals surface area contributed by atoms with Gasteiger partial charge in [-0.15, -0.1) is 0 Å². The number of rotatable bonds is 5. The molecule has 0 radical (unpaired) electrons. The van der Waals surface area contributed by atoms with Crippen molar-refractivity contribution in [2.24, 2.45) is 5.92 Å². The highest BCUT2D eigenvalue weighted by atomic mass is 16.2. The normalized spacial score (nSPS) is 21.6. The molecule has 2 aromatic rings. The van der Waals surface area contributed by atoms with E-state index >= 15 is 0 Å². The predicted octanol–water partition coefficient (Wildman–Crippen LogP) is 3.57. The summed E-state index contributed by atoms with van der Waals surface area (Å²) in [7, 11) is 0. The summed E-state index contributed by atoms with van der Waals surface area (Å²) in [4.78, 5) is 37.6. The molecule has 2 aliphatic heterocycles. The van der Waals surface area contributed by atoms with Crippen molar-refractivity contribution in [3.05, 3.63) is 62.8 Å². The quantitative estimate of drug-likeness (QED) is 0.781. The molecule has 170 valence electrons. The number of aromatic amines is 1. The van der Waals surface area contributed by atoms with Crippen molar-refractivity contribution in [3.8, 4) is 0 Å². The summed E-state index contributed by atoms with van der Waals surface area (Å²) in [5.41, 5.74) is 4.23. The first kappa shape index (κ1) is 21.4. The van der Waals surface area contributed by atoms with Gasteiger partial charge in [0.1, 0.15) is 5.82 Å². The molecule has 5 rings (SSSR count). The molecule has 1 unspecified atom stereocenters. The van der Waals surface area contributed by atoms with Crippen LogP contribution in [0.15, 0.2) is 29.1 Å². The summed E-state index contributed by atoms with van der Waals surface area (Å²) in [6, 6.07) is 8.96. The van der Waals surface area contributed by atoms with E-state index in [1.165, 1.54) is 11.1 Å². The Morgan fingerprint density at radius 3 is 2.66 bits per heavy atom. The van der Waals surface area contributed by atoms with Crippen LogP contribution < -0.4 is 5.56 Å². The molecular weight excluding hydrogens is 400 g/mol. The molecular formula is C26H34N4O2. The fraction of sp³-hybridized carbons (Fsp3) is 0.577. The van der Waals surface area contributed by atoms with Gasteiger partial charge in [-0.05, 0) is 49.3 Å². The van der Waals surface area contributed by atoms with Crippen molar-refractivity contribution >= 4 is 5.91 Å². The second kappa shape index (κ2) is 8.81. The van der Waals surface area contributed by atoms with Crippen molar-refractivity contribution in [1.82, 2.24) is 19.8 Å². The summed E-state index contributed by atoms with van der Waals surface area (Å²) in [5, 5.41) is 0. The lowest BCUT2D eigenvalue weighted by atomic mass is 9.95. The van der Waals surface area contributed by atoms with Gasteiger partial charge >= 0.3 is 0 Å². The highest BCUT2D eigenvalue weighted by Crippen LogP contribution is 2.32. The molecule has 32 heavy (non-hydrogen) atoms. The molecule has 3 aliphatic rings. The van der Waals surface area contributed by atoms with E-state index < -0.39 is 0 Å². The van der Waals surface area contributed by atoms with Crippen LogP contribution in [0.5, 0.6) is 0 Å². The van der Waals surface area contributed by atoms with E-state index in [2.05, 4.69) is 48.0 Å². The van der Waals surface area contributed by atoms with Gasteiger partial charge in [-0.25, -0.2) is 4.98 Å². The van der Waals surface area contributed by atoms with Crippen LogP contribution in [0.1, 0.15) is 79.6 Å². The van der Waals surface area contributed by atoms with E-state index in [9.17, 15) is 9.59 Å². The van der Waals surface area contributed by atoms with E-state index in [0.29, 0.717) is 31.0 Å². The van der Waals surface area contributed by atoms with Gasteiger partial charge in [0.25, 0.3) is 5.56 Å². The summed E-state index contributed by atoms with van der Waals surface area (Å²) in [6.07, 6.45) is 4.84. The molecule has 6 heteroatoms. The third kappa shape index (κ3) is 4.51. The topological polar surface area (TPSA) is 69.3 Å². The summed E-state index contributed by atoms with van der Waals surface area (Å²) >= 11 is 0. The Morgan fingerprint density at radius 1 is 1.16 bits per heavy atom. The Morgan fingerprint density at radius 2 is 1.94 bits per heavy atom. The molecule has 1 aromatic carbocycles. The minimum atomic E-state index is -0.0558. The first-order valence-corrected chi connectivity index (χ1v) is 12.2. The van der Waals surface area contributed by atoms with Crippen molar-refractivity contribution in [2.75, 3.05) is 19.6 Å². The van der Waals surface area contributed by atoms with Crippen LogP contribution in [0, 0.1) is 5.92 Å². The number of hydrogen-bond acceptors (Lipinski definition) is 4. The SMILES string of the molecule is CC(C)c1ccc(CN2CCCC(c3nc4c(c(=O)[nH]3)CN(C(=O)C3CC3)CC4)C2)cc1. The molecule has 1 atom stereocenters. The Labute approximate surface area is 190 Å². The van der Waals surface area contributed by atoms with Crippen LogP contribution >= 0.6 is 0 Å². The molecule has 1 aromatic heterocycles. The van der Waals surface area contributed by atoms with Crippen molar-refractivity contribution in [2.45, 2.75) is 70.9 Å². The maximum absolute atomic E-state index is 12.9. The predicted molar refractivity (Wildman–Crippen MR) is 124 cm³/mol. The van der Waals surface area contributed by atoms with Gasteiger partial charge in [-0.2, -0.15) is 0 Å². The second-order valence-corrected chi connectivity index (χ2v) is 10.1. The standard InChI is InChI=1S/C26H34N4O2/c1-17(2)19-7-5-18(6-8-19)14-29-12-3-4-21(15-29)24-27-23-11-13-30(26(32)20-9-10-20)16-22(23)25(31)28-24/h5-8,17,20-21H,3-4,9-16H2,1-2H3,(H,27,28,31). The number of carbonyl (C=O) groups excluding carboxylic acids is 1. The molecule has 2 fully saturated rings. The number of aromatic nitrogens is 2. The molecule has 0 spiro atoms. The van der Waals surface area contributed by atoms with Crippen LogP contribution in [0.2, 0.25) is 0 Å². The van der Waals surface area contributed by atoms with Crippen LogP contribution in [0.25, 0.3) is 0 Å². The largest absolute Gasteiger partial charge is 0.337 e. The number of benzene rings is 1. The maximum atomic E-state index is 12.9. The number of likely N-dealkylation sites (tertiary alicyclic amines) is 1. The number of amides is 1. The van der Waals surface area contributed by atoms with E-state index in [1.54, 1.807) is 0 Å². The molecule has 6 nitrogen and oxygen atoms in total. The Balaban J connectivity index is 1.27. The van der Waals surface area contributed by atoms with Gasteiger partial charge < -0.3 is 9.88 Å². The third-order valence-corrected chi connectivity index (χ3v) is 7.27. The molecule has 0 bridgehead atoms. The monoisotopic (exact) mass is 434 g/mol. The molecule has 1 saturated carbocycles. The Kier molecular flexibility index (Phi) is 5.89. The van der Waals surface area contributed by atoms with E-state index in [4.69, 9.17) is 4.98 Å². The number of H-pyrrole nitrogens is 1. The lowest BCUT2D eigenvalue weighted by molar-refractivity contribution is -0.133. The summed E-state index contributed by atoms with van der Waals surface area (Å²) in [5.74, 6) is 2.04. The number of carbonyl (C=O) groups is 1. The van der Waals surface area contributed by atoms with Crippen LogP contribution in [-0.4, -0.2) is 45.3 Å². The van der Waals surface area contributed by atoms with Crippen LogP contribution in [0.3, 0.4) is 0 Å². The van der Waals surface area contributed by atoms with Crippen molar-refractivity contribution < 1.29 is 4.79 Å². The molecule has 1 saturated heterocycles. The van der Waals surface area contributed by atoms with Crippen molar-refractivity contribution in [1.29, 1.82) is 0 Å². The van der Waals surface area contributed by atoms with Gasteiger partial charge in [0.15, 0.2) is 0 Å². The van der Waals surface area contributed by atoms with Gasteiger partial charge in [-0.3, -0.25) is 14.5 Å². The number of fused-ring (bicyclic) bond motifs is 1. The Bertz CT molecular complexity index is 1040. The lowest BCUT2D eigenvalue weighted by Crippen LogP contribution is -2.41. The number of nitrogens with one attached hydrogen (secondary N) is 1. The number of hydrogen-bond donors (Lipinski definition) is 1. The van der Waals surface area contributed by atoms with E-state index in [1.807, 2.05) is 4.90 Å². The van der Waals surface area contributed by atoms with E-state index in [0.717, 1.165) is 56.8 Å². The molecule has 3 heterocycles. The molecule has 1 N–H and O–H groups in total. The summed E-state index contributed by atoms with van der Waals surface area (Å²) < 4.78 is 0. The lowest BCUT2D eigenvalue weighted by Gasteiger charge is -2.33. The number of piperidine rings is 1. The highest BCUT2D eigenvalue weighted by molar-refractivity contribution is 5.81. The zero-order chi connectivity index (χ0) is 22.2. The second-order valence-electron chi connectivity index (χ2n) is 10.1. The van der Waals surface area contributed by atoms with Gasteiger partial charge in [0, 0.05) is 37.9 Å². The number of nitrogens with zero attached hydrogens (tertiary/aromatic N) is 3. The fourth-order valence-electron chi connectivity index (χ4n) is 5.10. The molecule has 1 amide bonds. The zero-order valence-corrected chi connectivity index (χ0v) is 19.3. The maximum Gasteiger partial charge on any atom is 0.256 e. The minimum absolute atomic E-state index is 0.0558. The fourth-order valence-corrected chi connectivity index (χ4v) is 5.10. The van der Waals surface area contributed by atoms with E-state index in [-0.39, 0.29) is 23.3 Å². The van der Waals surface area contributed by atoms with Crippen molar-refractivity contribution in [3.63, 3.8) is 0 Å². The zero-order valence-electron chi connectivity index (χ0n) is 19.3.